The van der Waals surface area contributed by atoms with Gasteiger partial charge in [0.05, 0.1) is 0 Å². The number of hydrogen-bond acceptors (Lipinski definition) is 2. The summed E-state index contributed by atoms with van der Waals surface area (Å²) in [4.78, 5) is 25.3. The van der Waals surface area contributed by atoms with E-state index in [2.05, 4.69) is 101 Å². The van der Waals surface area contributed by atoms with E-state index in [4.69, 9.17) is 0 Å². The molecule has 0 aliphatic heterocycles. The lowest BCUT2D eigenvalue weighted by Crippen LogP contribution is -2.35. The van der Waals surface area contributed by atoms with Gasteiger partial charge in [-0.25, -0.2) is 0 Å². The number of anilines is 2. The highest BCUT2D eigenvalue weighted by Crippen LogP contribution is 2.37. The van der Waals surface area contributed by atoms with Crippen molar-refractivity contribution in [2.45, 2.75) is 4.29 Å². The number of amides is 2. The highest BCUT2D eigenvalue weighted by Gasteiger charge is 2.32. The molecule has 0 atom stereocenters. The number of benzene rings is 1. The molecule has 0 saturated heterocycles. The van der Waals surface area contributed by atoms with E-state index in [-0.39, 0.29) is 11.8 Å². The molecule has 1 aromatic carbocycles. The lowest BCUT2D eigenvalue weighted by molar-refractivity contribution is -0.117. The van der Waals surface area contributed by atoms with E-state index in [0.29, 0.717) is 11.4 Å². The van der Waals surface area contributed by atoms with Crippen molar-refractivity contribution in [1.82, 2.24) is 0 Å². The Kier molecular flexibility index (Phi) is 7.40. The van der Waals surface area contributed by atoms with Crippen LogP contribution < -0.4 is 10.2 Å². The summed E-state index contributed by atoms with van der Waals surface area (Å²) in [7, 11) is 1.65. The summed E-state index contributed by atoms with van der Waals surface area (Å²) in [5.74, 6) is -0.528. The fraction of sp³-hybridized carbons (Fsp3) is 0.273. The molecular weight excluding hydrogens is 672 g/mol. The molecule has 21 heavy (non-hydrogen) atoms. The summed E-state index contributed by atoms with van der Waals surface area (Å²) in [6.45, 7) is 0. The zero-order valence-electron chi connectivity index (χ0n) is 10.3. The van der Waals surface area contributed by atoms with E-state index < -0.39 is 4.29 Å². The van der Waals surface area contributed by atoms with Crippen LogP contribution in [0.1, 0.15) is 0 Å². The van der Waals surface area contributed by atoms with E-state index in [1.807, 2.05) is 0 Å². The Morgan fingerprint density at radius 2 is 1.43 bits per heavy atom. The minimum atomic E-state index is -1.01. The first-order valence-corrected chi connectivity index (χ1v) is 10.0. The maximum absolute atomic E-state index is 12.1. The molecule has 0 aliphatic rings. The summed E-state index contributed by atoms with van der Waals surface area (Å²) in [6, 6.07) is 6.86. The summed E-state index contributed by atoms with van der Waals surface area (Å²) < 4.78 is -2.02. The van der Waals surface area contributed by atoms with E-state index >= 15 is 0 Å². The van der Waals surface area contributed by atoms with Gasteiger partial charge in [-0.1, -0.05) is 0 Å². The Morgan fingerprint density at radius 1 is 0.952 bits per heavy atom. The quantitative estimate of drug-likeness (QED) is 0.434. The molecule has 1 rings (SSSR count). The molecule has 0 saturated carbocycles. The van der Waals surface area contributed by atoms with Gasteiger partial charge in [0.25, 0.3) is 11.8 Å². The van der Waals surface area contributed by atoms with Gasteiger partial charge in [-0.3, -0.25) is 9.59 Å². The lowest BCUT2D eigenvalue weighted by atomic mass is 10.2. The Bertz CT molecular complexity index is 535. The minimum absolute atomic E-state index is 0.223. The Hall–Kier alpha value is 1.04. The van der Waals surface area contributed by atoms with Crippen molar-refractivity contribution in [3.05, 3.63) is 24.3 Å². The van der Waals surface area contributed by atoms with Crippen LogP contribution in [-0.4, -0.2) is 23.1 Å². The number of carbonyl (C=O) groups excluding carboxylic acids is 2. The Morgan fingerprint density at radius 3 is 1.81 bits per heavy atom. The van der Waals surface area contributed by atoms with E-state index in [1.54, 1.807) is 31.3 Å². The van der Waals surface area contributed by atoms with Crippen LogP contribution in [0.2, 0.25) is 0 Å². The van der Waals surface area contributed by atoms with Gasteiger partial charge < -0.3 is 10.2 Å². The van der Waals surface area contributed by atoms with Crippen LogP contribution in [0.25, 0.3) is 0 Å². The number of alkyl halides is 6. The van der Waals surface area contributed by atoms with Gasteiger partial charge in [-0.05, 0) is 120 Å². The Balaban J connectivity index is 2.84. The van der Waals surface area contributed by atoms with Crippen molar-refractivity contribution in [2.24, 2.45) is 0 Å². The standard InChI is InChI=1S/C11H8Br6N2O2/c1-19(9(21)11(15,16)17)7-4-2-6(3-5-7)18-8(20)10(12,13)14/h2-5H,1H3,(H,18,20). The molecule has 4 nitrogen and oxygen atoms in total. The van der Waals surface area contributed by atoms with Crippen molar-refractivity contribution < 1.29 is 9.59 Å². The second-order valence-corrected chi connectivity index (χ2v) is 17.4. The van der Waals surface area contributed by atoms with E-state index in [0.717, 1.165) is 0 Å². The van der Waals surface area contributed by atoms with Crippen LogP contribution in [0.5, 0.6) is 0 Å². The minimum Gasteiger partial charge on any atom is -0.323 e. The number of nitrogens with one attached hydrogen (secondary N) is 1. The van der Waals surface area contributed by atoms with Crippen LogP contribution in [0.15, 0.2) is 24.3 Å². The van der Waals surface area contributed by atoms with Gasteiger partial charge in [0.15, 0.2) is 0 Å². The predicted molar refractivity (Wildman–Crippen MR) is 108 cm³/mol. The second-order valence-electron chi connectivity index (χ2n) is 3.86. The summed E-state index contributed by atoms with van der Waals surface area (Å²) in [5.41, 5.74) is 1.29. The molecule has 1 aromatic rings. The first-order chi connectivity index (χ1) is 9.43. The number of carbonyl (C=O) groups is 2. The van der Waals surface area contributed by atoms with Crippen molar-refractivity contribution in [3.8, 4) is 0 Å². The van der Waals surface area contributed by atoms with Crippen molar-refractivity contribution in [1.29, 1.82) is 0 Å². The zero-order valence-corrected chi connectivity index (χ0v) is 19.9. The van der Waals surface area contributed by atoms with Crippen LogP contribution >= 0.6 is 95.6 Å². The van der Waals surface area contributed by atoms with Crippen LogP contribution in [0.4, 0.5) is 11.4 Å². The van der Waals surface area contributed by atoms with Gasteiger partial charge in [0.2, 0.25) is 4.29 Å². The third kappa shape index (κ3) is 6.21. The molecule has 2 amide bonds. The molecule has 1 N–H and O–H groups in total. The number of halogens is 6. The fourth-order valence-corrected chi connectivity index (χ4v) is 2.37. The highest BCUT2D eigenvalue weighted by atomic mass is 80.0. The molecule has 0 heterocycles. The monoisotopic (exact) mass is 674 g/mol. The van der Waals surface area contributed by atoms with Gasteiger partial charge in [-0.2, -0.15) is 0 Å². The molecule has 0 unspecified atom stereocenters. The first-order valence-electron chi connectivity index (χ1n) is 5.26. The first kappa shape index (κ1) is 20.1. The summed E-state index contributed by atoms with van der Waals surface area (Å²) in [5, 5.41) is 2.70. The molecule has 0 radical (unpaired) electrons. The SMILES string of the molecule is CN(C(=O)C(Br)(Br)Br)c1ccc(NC(=O)C(Br)(Br)Br)cc1. The molecule has 10 heteroatoms. The molecule has 116 valence electrons. The molecular formula is C11H8Br6N2O2. The number of rotatable bonds is 2. The topological polar surface area (TPSA) is 49.4 Å². The third-order valence-corrected chi connectivity index (χ3v) is 4.42. The highest BCUT2D eigenvalue weighted by molar-refractivity contribution is 9.40. The van der Waals surface area contributed by atoms with Crippen LogP contribution in [-0.2, 0) is 9.59 Å². The molecule has 0 bridgehead atoms. The predicted octanol–water partition coefficient (Wildman–Crippen LogP) is 5.26. The smallest absolute Gasteiger partial charge is 0.265 e. The van der Waals surface area contributed by atoms with E-state index in [9.17, 15) is 9.59 Å². The second kappa shape index (κ2) is 7.74. The molecule has 0 fully saturated rings. The van der Waals surface area contributed by atoms with Crippen molar-refractivity contribution in [2.75, 3.05) is 17.3 Å². The Labute approximate surface area is 172 Å². The van der Waals surface area contributed by atoms with Crippen molar-refractivity contribution >= 4 is 119 Å². The number of hydrogen-bond donors (Lipinski definition) is 1. The average molecular weight is 680 g/mol. The van der Waals surface area contributed by atoms with Crippen LogP contribution in [0.3, 0.4) is 0 Å². The maximum atomic E-state index is 12.1. The summed E-state index contributed by atoms with van der Waals surface area (Å²) in [6.07, 6.45) is 0. The normalized spacial score (nSPS) is 12.0. The van der Waals surface area contributed by atoms with Gasteiger partial charge in [-0.15, -0.1) is 0 Å². The maximum Gasteiger partial charge on any atom is 0.265 e. The number of nitrogens with zero attached hydrogens (tertiary/aromatic N) is 1. The van der Waals surface area contributed by atoms with E-state index in [1.165, 1.54) is 4.90 Å². The molecule has 0 spiro atoms. The zero-order chi connectivity index (χ0) is 16.4. The van der Waals surface area contributed by atoms with Gasteiger partial charge in [0, 0.05) is 18.4 Å². The van der Waals surface area contributed by atoms with Crippen molar-refractivity contribution in [3.63, 3.8) is 0 Å². The summed E-state index contributed by atoms with van der Waals surface area (Å²) >= 11 is 18.9. The van der Waals surface area contributed by atoms with Crippen LogP contribution in [0, 0.1) is 0 Å². The average Bonchev–Trinajstić information content (AvgIpc) is 2.35. The molecule has 0 aliphatic carbocycles. The third-order valence-electron chi connectivity index (χ3n) is 2.32. The molecule has 0 aromatic heterocycles. The van der Waals surface area contributed by atoms with Gasteiger partial charge >= 0.3 is 0 Å². The lowest BCUT2D eigenvalue weighted by Gasteiger charge is -2.22. The van der Waals surface area contributed by atoms with Gasteiger partial charge in [0.1, 0.15) is 0 Å². The fourth-order valence-electron chi connectivity index (χ4n) is 1.28. The largest absolute Gasteiger partial charge is 0.323 e.